The number of nitriles is 1. The first-order valence-electron chi connectivity index (χ1n) is 12.9. The predicted molar refractivity (Wildman–Crippen MR) is 134 cm³/mol. The van der Waals surface area contributed by atoms with Crippen molar-refractivity contribution in [2.24, 2.45) is 0 Å². The fourth-order valence-electron chi connectivity index (χ4n) is 5.52. The van der Waals surface area contributed by atoms with Gasteiger partial charge < -0.3 is 15.1 Å². The number of carbonyl (C=O) groups excluding carboxylic acids is 1. The Labute approximate surface area is 215 Å². The Morgan fingerprint density at radius 1 is 1.08 bits per heavy atom. The van der Waals surface area contributed by atoms with Crippen LogP contribution in [0.5, 0.6) is 0 Å². The van der Waals surface area contributed by atoms with Crippen LogP contribution in [0.25, 0.3) is 0 Å². The summed E-state index contributed by atoms with van der Waals surface area (Å²) >= 11 is 0. The van der Waals surface area contributed by atoms with Crippen molar-refractivity contribution in [3.63, 3.8) is 0 Å². The van der Waals surface area contributed by atoms with Crippen molar-refractivity contribution in [3.05, 3.63) is 65.0 Å². The highest BCUT2D eigenvalue weighted by atomic mass is 19.4. The topological polar surface area (TPSA) is 59.4 Å². The number of nitrogens with one attached hydrogen (secondary N) is 1. The number of alkyl halides is 3. The molecule has 2 fully saturated rings. The van der Waals surface area contributed by atoms with Gasteiger partial charge >= 0.3 is 12.2 Å². The molecule has 9 heteroatoms. The highest BCUT2D eigenvalue weighted by Crippen LogP contribution is 2.36. The molecule has 0 radical (unpaired) electrons. The van der Waals surface area contributed by atoms with Gasteiger partial charge in [0.05, 0.1) is 17.2 Å². The molecule has 0 unspecified atom stereocenters. The molecule has 0 aromatic heterocycles. The van der Waals surface area contributed by atoms with Crippen molar-refractivity contribution in [3.8, 4) is 6.07 Å². The van der Waals surface area contributed by atoms with Gasteiger partial charge in [0, 0.05) is 18.3 Å². The second kappa shape index (κ2) is 12.0. The zero-order valence-electron chi connectivity index (χ0n) is 20.7. The molecule has 0 spiro atoms. The lowest BCUT2D eigenvalue weighted by molar-refractivity contribution is -0.139. The minimum atomic E-state index is -4.85. The predicted octanol–water partition coefficient (Wildman–Crippen LogP) is 6.76. The first-order valence-corrected chi connectivity index (χ1v) is 12.9. The van der Waals surface area contributed by atoms with Gasteiger partial charge in [0.15, 0.2) is 0 Å². The number of hydrogen-bond acceptors (Lipinski definition) is 3. The third-order valence-electron chi connectivity index (χ3n) is 7.48. The van der Waals surface area contributed by atoms with Crippen molar-refractivity contribution in [1.82, 2.24) is 9.80 Å². The van der Waals surface area contributed by atoms with Crippen LogP contribution in [-0.2, 0) is 6.18 Å². The van der Waals surface area contributed by atoms with E-state index in [-0.39, 0.29) is 11.7 Å². The van der Waals surface area contributed by atoms with Gasteiger partial charge in [0.2, 0.25) is 0 Å². The van der Waals surface area contributed by atoms with Gasteiger partial charge in [0.25, 0.3) is 0 Å². The fourth-order valence-corrected chi connectivity index (χ4v) is 5.52. The van der Waals surface area contributed by atoms with Crippen LogP contribution >= 0.6 is 0 Å². The Morgan fingerprint density at radius 2 is 1.81 bits per heavy atom. The van der Waals surface area contributed by atoms with Crippen molar-refractivity contribution in [2.45, 2.75) is 63.1 Å². The number of anilines is 1. The number of rotatable bonds is 7. The second-order valence-electron chi connectivity index (χ2n) is 9.96. The summed E-state index contributed by atoms with van der Waals surface area (Å²) in [4.78, 5) is 17.4. The van der Waals surface area contributed by atoms with Gasteiger partial charge in [-0.2, -0.15) is 18.4 Å². The summed E-state index contributed by atoms with van der Waals surface area (Å²) in [6, 6.07) is 11.8. The molecule has 2 aromatic carbocycles. The van der Waals surface area contributed by atoms with E-state index in [0.29, 0.717) is 24.1 Å². The average Bonchev–Trinajstić information content (AvgIpc) is 3.41. The molecule has 1 aliphatic carbocycles. The Hall–Kier alpha value is -3.12. The molecule has 2 aromatic rings. The monoisotopic (exact) mass is 516 g/mol. The standard InChI is InChI=1S/C28H32F4N4O/c29-26-12-9-23(18-25(26)28(30,31)32)34-27(37)36(16-4-15-35-13-1-2-14-35)24-10-7-21(8-11-24)22-6-3-5-20(17-22)19-33/h3,5-6,9,12,17-18,21,24H,1-2,4,7-8,10-11,13-16H2,(H,34,37)/t21-,24+. The molecule has 1 aliphatic heterocycles. The van der Waals surface area contributed by atoms with Crippen molar-refractivity contribution in [1.29, 1.82) is 5.26 Å². The van der Waals surface area contributed by atoms with Crippen LogP contribution in [0.2, 0.25) is 0 Å². The van der Waals surface area contributed by atoms with Gasteiger partial charge in [-0.15, -0.1) is 0 Å². The quantitative estimate of drug-likeness (QED) is 0.414. The van der Waals surface area contributed by atoms with Crippen LogP contribution in [0, 0.1) is 17.1 Å². The largest absolute Gasteiger partial charge is 0.419 e. The van der Waals surface area contributed by atoms with E-state index in [1.807, 2.05) is 18.2 Å². The molecule has 1 N–H and O–H groups in total. The lowest BCUT2D eigenvalue weighted by atomic mass is 9.81. The van der Waals surface area contributed by atoms with E-state index in [1.165, 1.54) is 12.8 Å². The molecular weight excluding hydrogens is 484 g/mol. The molecule has 0 bridgehead atoms. The summed E-state index contributed by atoms with van der Waals surface area (Å²) in [5.74, 6) is -1.07. The van der Waals surface area contributed by atoms with Crippen LogP contribution in [0.15, 0.2) is 42.5 Å². The molecule has 4 rings (SSSR count). The number of halogens is 4. The number of likely N-dealkylation sites (tertiary alicyclic amines) is 1. The minimum Gasteiger partial charge on any atom is -0.322 e. The van der Waals surface area contributed by atoms with E-state index in [0.717, 1.165) is 69.4 Å². The van der Waals surface area contributed by atoms with Gasteiger partial charge in [0.1, 0.15) is 5.82 Å². The summed E-state index contributed by atoms with van der Waals surface area (Å²) < 4.78 is 53.2. The lowest BCUT2D eigenvalue weighted by Gasteiger charge is -2.37. The molecule has 2 amide bonds. The Balaban J connectivity index is 1.44. The molecule has 37 heavy (non-hydrogen) atoms. The Kier molecular flexibility index (Phi) is 8.70. The molecule has 5 nitrogen and oxygen atoms in total. The summed E-state index contributed by atoms with van der Waals surface area (Å²) in [7, 11) is 0. The second-order valence-corrected chi connectivity index (χ2v) is 9.96. The maximum atomic E-state index is 13.7. The normalized spacial score (nSPS) is 20.4. The fraction of sp³-hybridized carbons (Fsp3) is 0.500. The van der Waals surface area contributed by atoms with Gasteiger partial charge in [-0.3, -0.25) is 0 Å². The van der Waals surface area contributed by atoms with E-state index < -0.39 is 23.6 Å². The highest BCUT2D eigenvalue weighted by Gasteiger charge is 2.35. The number of urea groups is 1. The Morgan fingerprint density at radius 3 is 2.49 bits per heavy atom. The third kappa shape index (κ3) is 7.01. The minimum absolute atomic E-state index is 0.0449. The van der Waals surface area contributed by atoms with Crippen LogP contribution < -0.4 is 5.32 Å². The molecule has 198 valence electrons. The molecule has 1 heterocycles. The number of carbonyl (C=O) groups is 1. The van der Waals surface area contributed by atoms with Crippen LogP contribution in [-0.4, -0.2) is 48.1 Å². The Bertz CT molecular complexity index is 1120. The van der Waals surface area contributed by atoms with E-state index in [9.17, 15) is 27.6 Å². The summed E-state index contributed by atoms with van der Waals surface area (Å²) in [6.07, 6.45) is 1.50. The lowest BCUT2D eigenvalue weighted by Crippen LogP contribution is -2.45. The SMILES string of the molecule is N#Cc1cccc([C@H]2CC[C@@H](N(CCCN3CCCC3)C(=O)Nc3ccc(F)c(C(F)(F)F)c3)CC2)c1. The van der Waals surface area contributed by atoms with Crippen molar-refractivity contribution < 1.29 is 22.4 Å². The number of nitrogens with zero attached hydrogens (tertiary/aromatic N) is 3. The smallest absolute Gasteiger partial charge is 0.322 e. The molecule has 1 saturated carbocycles. The summed E-state index contributed by atoms with van der Waals surface area (Å²) in [5, 5.41) is 11.8. The van der Waals surface area contributed by atoms with E-state index in [1.54, 1.807) is 11.0 Å². The third-order valence-corrected chi connectivity index (χ3v) is 7.48. The van der Waals surface area contributed by atoms with Crippen LogP contribution in [0.3, 0.4) is 0 Å². The van der Waals surface area contributed by atoms with Crippen molar-refractivity contribution in [2.75, 3.05) is 31.5 Å². The van der Waals surface area contributed by atoms with Crippen molar-refractivity contribution >= 4 is 11.7 Å². The zero-order valence-corrected chi connectivity index (χ0v) is 20.7. The molecule has 2 aliphatic rings. The molecular formula is C28H32F4N4O. The zero-order chi connectivity index (χ0) is 26.4. The van der Waals surface area contributed by atoms with Gasteiger partial charge in [-0.1, -0.05) is 12.1 Å². The van der Waals surface area contributed by atoms with Crippen LogP contribution in [0.1, 0.15) is 67.6 Å². The maximum absolute atomic E-state index is 13.7. The van der Waals surface area contributed by atoms with Gasteiger partial charge in [-0.05, 0) is 106 Å². The molecule has 1 saturated heterocycles. The number of amides is 2. The number of benzene rings is 2. The highest BCUT2D eigenvalue weighted by molar-refractivity contribution is 5.89. The summed E-state index contributed by atoms with van der Waals surface area (Å²) in [5.41, 5.74) is 0.268. The first kappa shape index (κ1) is 26.9. The van der Waals surface area contributed by atoms with E-state index in [4.69, 9.17) is 0 Å². The van der Waals surface area contributed by atoms with E-state index in [2.05, 4.69) is 16.3 Å². The summed E-state index contributed by atoms with van der Waals surface area (Å²) in [6.45, 7) is 3.47. The van der Waals surface area contributed by atoms with E-state index >= 15 is 0 Å². The average molecular weight is 517 g/mol. The number of hydrogen-bond donors (Lipinski definition) is 1. The first-order chi connectivity index (χ1) is 17.7. The van der Waals surface area contributed by atoms with Crippen LogP contribution in [0.4, 0.5) is 28.0 Å². The van der Waals surface area contributed by atoms with Gasteiger partial charge in [-0.25, -0.2) is 9.18 Å². The molecule has 0 atom stereocenters. The maximum Gasteiger partial charge on any atom is 0.419 e.